The molecule has 0 unspecified atom stereocenters. The fraction of sp³-hybridized carbons (Fsp3) is 0.714. The highest BCUT2D eigenvalue weighted by molar-refractivity contribution is 5.97. The second-order valence-corrected chi connectivity index (χ2v) is 3.11. The van der Waals surface area contributed by atoms with Crippen molar-refractivity contribution in [2.45, 2.75) is 12.6 Å². The lowest BCUT2D eigenvalue weighted by atomic mass is 9.89. The molecule has 1 rings (SSSR count). The maximum absolute atomic E-state index is 12.2. The van der Waals surface area contributed by atoms with E-state index in [0.717, 1.165) is 0 Å². The second kappa shape index (κ2) is 3.47. The fourth-order valence-electron chi connectivity index (χ4n) is 1.28. The van der Waals surface area contributed by atoms with Gasteiger partial charge in [-0.25, -0.2) is 0 Å². The number of halogens is 3. The normalized spacial score (nSPS) is 28.4. The van der Waals surface area contributed by atoms with Gasteiger partial charge in [0.2, 0.25) is 5.91 Å². The minimum absolute atomic E-state index is 0.536. The quantitative estimate of drug-likeness (QED) is 0.616. The molecule has 0 bridgehead atoms. The molecule has 2 atom stereocenters. The summed E-state index contributed by atoms with van der Waals surface area (Å²) < 4.78 is 36.5. The van der Waals surface area contributed by atoms with Crippen LogP contribution >= 0.6 is 0 Å². The van der Waals surface area contributed by atoms with Crippen LogP contribution < -0.4 is 5.32 Å². The van der Waals surface area contributed by atoms with Gasteiger partial charge in [-0.15, -0.1) is 0 Å². The number of hydrogen-bond donors (Lipinski definition) is 2. The zero-order valence-corrected chi connectivity index (χ0v) is 6.97. The van der Waals surface area contributed by atoms with Crippen LogP contribution in [0, 0.1) is 11.8 Å². The Morgan fingerprint density at radius 1 is 1.50 bits per heavy atom. The number of carbonyl (C=O) groups is 2. The van der Waals surface area contributed by atoms with Crippen LogP contribution in [0.4, 0.5) is 13.2 Å². The number of piperidine rings is 1. The number of aliphatic carboxylic acids is 1. The summed E-state index contributed by atoms with van der Waals surface area (Å²) in [5.74, 6) is -5.72. The third-order valence-corrected chi connectivity index (χ3v) is 2.12. The second-order valence-electron chi connectivity index (χ2n) is 3.11. The largest absolute Gasteiger partial charge is 0.481 e. The minimum atomic E-state index is -4.46. The Morgan fingerprint density at radius 3 is 2.50 bits per heavy atom. The van der Waals surface area contributed by atoms with Gasteiger partial charge in [-0.05, 0) is 6.42 Å². The lowest BCUT2D eigenvalue weighted by Gasteiger charge is -2.28. The summed E-state index contributed by atoms with van der Waals surface area (Å²) >= 11 is 0. The number of hydrogen-bond acceptors (Lipinski definition) is 2. The van der Waals surface area contributed by atoms with Gasteiger partial charge in [0.25, 0.3) is 0 Å². The molecule has 14 heavy (non-hydrogen) atoms. The molecule has 0 saturated carbocycles. The Hall–Kier alpha value is -1.27. The smallest absolute Gasteiger partial charge is 0.393 e. The van der Waals surface area contributed by atoms with Gasteiger partial charge in [0.05, 0.1) is 5.92 Å². The monoisotopic (exact) mass is 211 g/mol. The number of alkyl halides is 3. The number of nitrogens with one attached hydrogen (secondary N) is 1. The molecule has 2 N–H and O–H groups in total. The van der Waals surface area contributed by atoms with E-state index in [4.69, 9.17) is 5.11 Å². The third kappa shape index (κ3) is 2.15. The molecule has 0 aromatic rings. The summed E-state index contributed by atoms with van der Waals surface area (Å²) in [7, 11) is 0. The van der Waals surface area contributed by atoms with Gasteiger partial charge in [-0.3, -0.25) is 9.59 Å². The van der Waals surface area contributed by atoms with Crippen LogP contribution in [0.3, 0.4) is 0 Å². The van der Waals surface area contributed by atoms with Gasteiger partial charge in [0.1, 0.15) is 5.92 Å². The van der Waals surface area contributed by atoms with Crippen LogP contribution in [-0.2, 0) is 9.59 Å². The Morgan fingerprint density at radius 2 is 2.07 bits per heavy atom. The molecule has 1 aliphatic heterocycles. The molecule has 4 nitrogen and oxygen atoms in total. The SMILES string of the molecule is O=C(O)[C@H]1C[C@H](C(F)(F)F)CNC1=O. The van der Waals surface area contributed by atoms with Crippen molar-refractivity contribution >= 4 is 11.9 Å². The van der Waals surface area contributed by atoms with Crippen molar-refractivity contribution in [3.63, 3.8) is 0 Å². The van der Waals surface area contributed by atoms with Gasteiger partial charge < -0.3 is 10.4 Å². The maximum atomic E-state index is 12.2. The van der Waals surface area contributed by atoms with Crippen LogP contribution in [-0.4, -0.2) is 29.7 Å². The average molecular weight is 211 g/mol. The van der Waals surface area contributed by atoms with E-state index in [2.05, 4.69) is 0 Å². The first-order valence-corrected chi connectivity index (χ1v) is 3.89. The number of rotatable bonds is 1. The van der Waals surface area contributed by atoms with Crippen LogP contribution in [0.1, 0.15) is 6.42 Å². The molecule has 1 fully saturated rings. The van der Waals surface area contributed by atoms with Crippen molar-refractivity contribution in [2.24, 2.45) is 11.8 Å². The highest BCUT2D eigenvalue weighted by Crippen LogP contribution is 2.33. The van der Waals surface area contributed by atoms with Crippen LogP contribution in [0.25, 0.3) is 0 Å². The molecular weight excluding hydrogens is 203 g/mol. The molecule has 1 saturated heterocycles. The van der Waals surface area contributed by atoms with E-state index in [1.54, 1.807) is 0 Å². The van der Waals surface area contributed by atoms with E-state index in [9.17, 15) is 22.8 Å². The van der Waals surface area contributed by atoms with Crippen molar-refractivity contribution in [3.8, 4) is 0 Å². The summed E-state index contributed by atoms with van der Waals surface area (Å²) in [5, 5.41) is 10.4. The van der Waals surface area contributed by atoms with E-state index in [0.29, 0.717) is 0 Å². The van der Waals surface area contributed by atoms with E-state index in [1.165, 1.54) is 0 Å². The zero-order valence-electron chi connectivity index (χ0n) is 6.97. The molecule has 0 spiro atoms. The summed E-state index contributed by atoms with van der Waals surface area (Å²) in [4.78, 5) is 21.3. The minimum Gasteiger partial charge on any atom is -0.481 e. The van der Waals surface area contributed by atoms with E-state index in [1.807, 2.05) is 5.32 Å². The molecule has 0 aliphatic carbocycles. The Kier molecular flexibility index (Phi) is 2.68. The first-order valence-electron chi connectivity index (χ1n) is 3.89. The van der Waals surface area contributed by atoms with Crippen molar-refractivity contribution in [3.05, 3.63) is 0 Å². The van der Waals surface area contributed by atoms with E-state index in [-0.39, 0.29) is 0 Å². The average Bonchev–Trinajstić information content (AvgIpc) is 2.02. The molecule has 1 aliphatic rings. The first-order chi connectivity index (χ1) is 6.32. The molecule has 1 amide bonds. The van der Waals surface area contributed by atoms with Gasteiger partial charge in [0, 0.05) is 6.54 Å². The van der Waals surface area contributed by atoms with Gasteiger partial charge >= 0.3 is 12.1 Å². The molecule has 0 aromatic carbocycles. The Labute approximate surface area is 77.1 Å². The highest BCUT2D eigenvalue weighted by Gasteiger charge is 2.46. The Bertz CT molecular complexity index is 263. The van der Waals surface area contributed by atoms with Gasteiger partial charge in [-0.2, -0.15) is 13.2 Å². The molecule has 1 heterocycles. The molecule has 7 heteroatoms. The van der Waals surface area contributed by atoms with Crippen molar-refractivity contribution in [1.29, 1.82) is 0 Å². The summed E-state index contributed by atoms with van der Waals surface area (Å²) in [5.41, 5.74) is 0. The highest BCUT2D eigenvalue weighted by atomic mass is 19.4. The number of carboxylic acid groups (broad SMARTS) is 1. The predicted octanol–water partition coefficient (Wildman–Crippen LogP) is 0.386. The predicted molar refractivity (Wildman–Crippen MR) is 38.3 cm³/mol. The van der Waals surface area contributed by atoms with E-state index < -0.39 is 42.9 Å². The van der Waals surface area contributed by atoms with Gasteiger partial charge in [-0.1, -0.05) is 0 Å². The zero-order chi connectivity index (χ0) is 10.9. The fourth-order valence-corrected chi connectivity index (χ4v) is 1.28. The number of amides is 1. The lowest BCUT2D eigenvalue weighted by Crippen LogP contribution is -2.48. The van der Waals surface area contributed by atoms with Gasteiger partial charge in [0.15, 0.2) is 0 Å². The van der Waals surface area contributed by atoms with Crippen molar-refractivity contribution in [2.75, 3.05) is 6.54 Å². The van der Waals surface area contributed by atoms with Crippen LogP contribution in [0.15, 0.2) is 0 Å². The first kappa shape index (κ1) is 10.8. The number of carbonyl (C=O) groups excluding carboxylic acids is 1. The Balaban J connectivity index is 2.72. The molecular formula is C7H8F3NO3. The standard InChI is InChI=1S/C7H8F3NO3/c8-7(9,10)3-1-4(6(13)14)5(12)11-2-3/h3-4H,1-2H2,(H,11,12)(H,13,14)/t3-,4-/m0/s1. The molecule has 0 aromatic heterocycles. The molecule has 80 valence electrons. The molecule has 0 radical (unpaired) electrons. The summed E-state index contributed by atoms with van der Waals surface area (Å²) in [6.45, 7) is -0.536. The number of carboxylic acids is 1. The summed E-state index contributed by atoms with van der Waals surface area (Å²) in [6, 6.07) is 0. The topological polar surface area (TPSA) is 66.4 Å². The maximum Gasteiger partial charge on any atom is 0.393 e. The third-order valence-electron chi connectivity index (χ3n) is 2.12. The lowest BCUT2D eigenvalue weighted by molar-refractivity contribution is -0.186. The van der Waals surface area contributed by atoms with Crippen molar-refractivity contribution in [1.82, 2.24) is 5.32 Å². The van der Waals surface area contributed by atoms with Crippen LogP contribution in [0.2, 0.25) is 0 Å². The van der Waals surface area contributed by atoms with Crippen LogP contribution in [0.5, 0.6) is 0 Å². The van der Waals surface area contributed by atoms with E-state index >= 15 is 0 Å². The van der Waals surface area contributed by atoms with Crippen molar-refractivity contribution < 1.29 is 27.9 Å². The summed E-state index contributed by atoms with van der Waals surface area (Å²) in [6.07, 6.45) is -5.13.